The second-order valence-electron chi connectivity index (χ2n) is 8.80. The van der Waals surface area contributed by atoms with Gasteiger partial charge in [0.1, 0.15) is 18.4 Å². The standard InChI is InChI=1S/C25H25FN6O4/c26-18-4-1-16(2-5-18)8-27-24-23-25(29-13-28-24)32(14-30-23)22-11-31(10-19(12-33)36-22)9-17-3-6-20-21(7-17)35-15-34-20/h1-7,13-14,19,22,33H,8-12,15H2,(H,27,28,29)/t19-,22+/m0/s1. The molecule has 0 amide bonds. The van der Waals surface area contributed by atoms with Crippen molar-refractivity contribution in [1.82, 2.24) is 24.4 Å². The maximum atomic E-state index is 13.2. The highest BCUT2D eigenvalue weighted by molar-refractivity contribution is 5.82. The molecule has 1 saturated heterocycles. The number of rotatable bonds is 7. The Morgan fingerprint density at radius 3 is 2.69 bits per heavy atom. The molecule has 0 aliphatic carbocycles. The Labute approximate surface area is 206 Å². The molecule has 0 saturated carbocycles. The van der Waals surface area contributed by atoms with Gasteiger partial charge in [-0.05, 0) is 35.4 Å². The van der Waals surface area contributed by atoms with Crippen molar-refractivity contribution in [1.29, 1.82) is 0 Å². The lowest BCUT2D eigenvalue weighted by Gasteiger charge is -2.37. The Hall–Kier alpha value is -3.80. The van der Waals surface area contributed by atoms with Crippen LogP contribution >= 0.6 is 0 Å². The van der Waals surface area contributed by atoms with Crippen LogP contribution in [0.5, 0.6) is 11.5 Å². The fourth-order valence-electron chi connectivity index (χ4n) is 4.55. The lowest BCUT2D eigenvalue weighted by Crippen LogP contribution is -2.46. The zero-order chi connectivity index (χ0) is 24.5. The van der Waals surface area contributed by atoms with E-state index in [1.54, 1.807) is 18.5 Å². The van der Waals surface area contributed by atoms with Crippen molar-refractivity contribution >= 4 is 17.0 Å². The fraction of sp³-hybridized carbons (Fsp3) is 0.320. The summed E-state index contributed by atoms with van der Waals surface area (Å²) in [7, 11) is 0. The number of aliphatic hydroxyl groups excluding tert-OH is 1. The molecule has 2 aromatic heterocycles. The molecule has 2 aliphatic rings. The summed E-state index contributed by atoms with van der Waals surface area (Å²) in [5.41, 5.74) is 3.24. The number of ether oxygens (including phenoxy) is 3. The van der Waals surface area contributed by atoms with Crippen molar-refractivity contribution in [3.05, 3.63) is 72.1 Å². The Morgan fingerprint density at radius 1 is 1.00 bits per heavy atom. The van der Waals surface area contributed by atoms with Crippen molar-refractivity contribution in [2.45, 2.75) is 25.4 Å². The number of fused-ring (bicyclic) bond motifs is 2. The minimum atomic E-state index is -0.394. The number of nitrogens with zero attached hydrogens (tertiary/aromatic N) is 5. The predicted molar refractivity (Wildman–Crippen MR) is 128 cm³/mol. The van der Waals surface area contributed by atoms with E-state index in [2.05, 4.69) is 25.2 Å². The number of morpholine rings is 1. The Bertz CT molecular complexity index is 1360. The van der Waals surface area contributed by atoms with Crippen molar-refractivity contribution < 1.29 is 23.7 Å². The molecule has 2 aliphatic heterocycles. The summed E-state index contributed by atoms with van der Waals surface area (Å²) in [4.78, 5) is 15.6. The zero-order valence-corrected chi connectivity index (χ0v) is 19.4. The first-order valence-electron chi connectivity index (χ1n) is 11.7. The van der Waals surface area contributed by atoms with Crippen LogP contribution in [0.3, 0.4) is 0 Å². The third-order valence-corrected chi connectivity index (χ3v) is 6.31. The number of nitrogens with one attached hydrogen (secondary N) is 1. The molecule has 0 spiro atoms. The largest absolute Gasteiger partial charge is 0.454 e. The lowest BCUT2D eigenvalue weighted by molar-refractivity contribution is -0.135. The molecule has 6 rings (SSSR count). The highest BCUT2D eigenvalue weighted by Crippen LogP contribution is 2.33. The van der Waals surface area contributed by atoms with Crippen LogP contribution in [-0.4, -0.2) is 62.1 Å². The molecule has 4 heterocycles. The number of imidazole rings is 1. The summed E-state index contributed by atoms with van der Waals surface area (Å²) < 4.78 is 32.2. The number of aliphatic hydroxyl groups is 1. The number of hydrogen-bond donors (Lipinski definition) is 2. The van der Waals surface area contributed by atoms with Gasteiger partial charge in [-0.25, -0.2) is 19.3 Å². The number of aromatic nitrogens is 4. The molecule has 0 radical (unpaired) electrons. The quantitative estimate of drug-likeness (QED) is 0.403. The van der Waals surface area contributed by atoms with Gasteiger partial charge in [0.2, 0.25) is 6.79 Å². The van der Waals surface area contributed by atoms with Crippen LogP contribution in [0.15, 0.2) is 55.1 Å². The third kappa shape index (κ3) is 4.55. The molecule has 2 N–H and O–H groups in total. The predicted octanol–water partition coefficient (Wildman–Crippen LogP) is 2.70. The van der Waals surface area contributed by atoms with E-state index in [-0.39, 0.29) is 25.3 Å². The van der Waals surface area contributed by atoms with E-state index in [0.29, 0.717) is 43.2 Å². The summed E-state index contributed by atoms with van der Waals surface area (Å²) in [6, 6.07) is 12.2. The summed E-state index contributed by atoms with van der Waals surface area (Å²) in [5, 5.41) is 13.2. The van der Waals surface area contributed by atoms with Gasteiger partial charge in [0, 0.05) is 26.2 Å². The molecule has 11 heteroatoms. The van der Waals surface area contributed by atoms with Crippen LogP contribution in [-0.2, 0) is 17.8 Å². The molecule has 10 nitrogen and oxygen atoms in total. The molecule has 36 heavy (non-hydrogen) atoms. The summed E-state index contributed by atoms with van der Waals surface area (Å²) in [6.45, 7) is 2.45. The number of halogens is 1. The van der Waals surface area contributed by atoms with E-state index in [4.69, 9.17) is 14.2 Å². The average molecular weight is 493 g/mol. The number of anilines is 1. The second-order valence-corrected chi connectivity index (χ2v) is 8.80. The Morgan fingerprint density at radius 2 is 1.83 bits per heavy atom. The van der Waals surface area contributed by atoms with Gasteiger partial charge in [0.25, 0.3) is 0 Å². The normalized spacial score (nSPS) is 19.6. The van der Waals surface area contributed by atoms with E-state index in [1.165, 1.54) is 18.5 Å². The van der Waals surface area contributed by atoms with E-state index >= 15 is 0 Å². The fourth-order valence-corrected chi connectivity index (χ4v) is 4.55. The van der Waals surface area contributed by atoms with E-state index in [1.807, 2.05) is 22.8 Å². The van der Waals surface area contributed by atoms with Gasteiger partial charge in [-0.15, -0.1) is 0 Å². The van der Waals surface area contributed by atoms with Crippen LogP contribution in [0, 0.1) is 5.82 Å². The van der Waals surface area contributed by atoms with Crippen molar-refractivity contribution in [2.24, 2.45) is 0 Å². The molecule has 0 bridgehead atoms. The Balaban J connectivity index is 1.21. The van der Waals surface area contributed by atoms with E-state index in [9.17, 15) is 9.50 Å². The lowest BCUT2D eigenvalue weighted by atomic mass is 10.1. The van der Waals surface area contributed by atoms with Gasteiger partial charge >= 0.3 is 0 Å². The minimum Gasteiger partial charge on any atom is -0.454 e. The van der Waals surface area contributed by atoms with Gasteiger partial charge in [0.05, 0.1) is 19.0 Å². The molecule has 1 fully saturated rings. The highest BCUT2D eigenvalue weighted by Gasteiger charge is 2.30. The molecular weight excluding hydrogens is 467 g/mol. The molecule has 186 valence electrons. The zero-order valence-electron chi connectivity index (χ0n) is 19.4. The molecule has 4 aromatic rings. The first-order chi connectivity index (χ1) is 17.7. The van der Waals surface area contributed by atoms with Gasteiger partial charge in [0.15, 0.2) is 28.5 Å². The van der Waals surface area contributed by atoms with Crippen LogP contribution in [0.2, 0.25) is 0 Å². The topological polar surface area (TPSA) is 107 Å². The Kier molecular flexibility index (Phi) is 6.09. The van der Waals surface area contributed by atoms with Gasteiger partial charge in [-0.2, -0.15) is 0 Å². The van der Waals surface area contributed by atoms with Crippen LogP contribution in [0.1, 0.15) is 17.4 Å². The first-order valence-corrected chi connectivity index (χ1v) is 11.7. The maximum absolute atomic E-state index is 13.2. The molecule has 2 atom stereocenters. The van der Waals surface area contributed by atoms with Gasteiger partial charge in [-0.1, -0.05) is 18.2 Å². The first kappa shape index (κ1) is 22.7. The maximum Gasteiger partial charge on any atom is 0.231 e. The van der Waals surface area contributed by atoms with Crippen molar-refractivity contribution in [2.75, 3.05) is 31.8 Å². The molecule has 2 aromatic carbocycles. The SMILES string of the molecule is OC[C@@H]1CN(Cc2ccc3c(c2)OCO3)C[C@H](n2cnc3c(NCc4ccc(F)cc4)ncnc32)O1. The number of hydrogen-bond acceptors (Lipinski definition) is 9. The third-order valence-electron chi connectivity index (χ3n) is 6.31. The summed E-state index contributed by atoms with van der Waals surface area (Å²) in [6.07, 6.45) is 2.42. The molecular formula is C25H25FN6O4. The monoisotopic (exact) mass is 492 g/mol. The average Bonchev–Trinajstić information content (AvgIpc) is 3.55. The van der Waals surface area contributed by atoms with Gasteiger partial charge < -0.3 is 24.6 Å². The highest BCUT2D eigenvalue weighted by atomic mass is 19.1. The number of benzene rings is 2. The van der Waals surface area contributed by atoms with Crippen LogP contribution < -0.4 is 14.8 Å². The van der Waals surface area contributed by atoms with Gasteiger partial charge in [-0.3, -0.25) is 9.47 Å². The summed E-state index contributed by atoms with van der Waals surface area (Å²) in [5.74, 6) is 1.80. The minimum absolute atomic E-state index is 0.0970. The smallest absolute Gasteiger partial charge is 0.231 e. The molecule has 0 unspecified atom stereocenters. The van der Waals surface area contributed by atoms with Crippen molar-refractivity contribution in [3.8, 4) is 11.5 Å². The van der Waals surface area contributed by atoms with Crippen LogP contribution in [0.25, 0.3) is 11.2 Å². The summed E-state index contributed by atoms with van der Waals surface area (Å²) >= 11 is 0. The van der Waals surface area contributed by atoms with E-state index < -0.39 is 6.23 Å². The van der Waals surface area contributed by atoms with Crippen LogP contribution in [0.4, 0.5) is 10.2 Å². The van der Waals surface area contributed by atoms with E-state index in [0.717, 1.165) is 22.6 Å². The second kappa shape index (κ2) is 9.69. The van der Waals surface area contributed by atoms with Crippen molar-refractivity contribution in [3.63, 3.8) is 0 Å².